The Bertz CT molecular complexity index is 786. The quantitative estimate of drug-likeness (QED) is 0.489. The Morgan fingerprint density at radius 3 is 2.48 bits per heavy atom. The summed E-state index contributed by atoms with van der Waals surface area (Å²) in [6, 6.07) is 0. The number of methoxy groups -OCH3 is 1. The molecular formula is C23H32O8. The zero-order valence-corrected chi connectivity index (χ0v) is 18.7. The normalized spacial score (nSPS) is 44.6. The molecule has 0 N–H and O–H groups in total. The van der Waals surface area contributed by atoms with Crippen LogP contribution in [0.1, 0.15) is 52.9 Å². The van der Waals surface area contributed by atoms with E-state index >= 15 is 0 Å². The number of hydrogen-bond donors (Lipinski definition) is 0. The predicted molar refractivity (Wildman–Crippen MR) is 107 cm³/mol. The fourth-order valence-electron chi connectivity index (χ4n) is 6.97. The van der Waals surface area contributed by atoms with Crippen LogP contribution in [0.3, 0.4) is 0 Å². The van der Waals surface area contributed by atoms with Crippen LogP contribution < -0.4 is 0 Å². The van der Waals surface area contributed by atoms with Gasteiger partial charge >= 0.3 is 17.9 Å². The van der Waals surface area contributed by atoms with Crippen LogP contribution in [0.15, 0.2) is 0 Å². The predicted octanol–water partition coefficient (Wildman–Crippen LogP) is 2.07. The molecule has 2 saturated carbocycles. The third kappa shape index (κ3) is 3.47. The number of ether oxygens (including phenoxy) is 4. The van der Waals surface area contributed by atoms with Crippen molar-refractivity contribution in [2.24, 2.45) is 34.5 Å². The highest BCUT2D eigenvalue weighted by Gasteiger charge is 2.68. The topological polar surface area (TPSA) is 105 Å². The Labute approximate surface area is 182 Å². The molecule has 1 unspecified atom stereocenters. The van der Waals surface area contributed by atoms with Gasteiger partial charge in [-0.15, -0.1) is 0 Å². The lowest BCUT2D eigenvalue weighted by molar-refractivity contribution is -0.212. The number of cyclic esters (lactones) is 1. The average molecular weight is 437 g/mol. The van der Waals surface area contributed by atoms with Crippen LogP contribution in [0.5, 0.6) is 0 Å². The van der Waals surface area contributed by atoms with Gasteiger partial charge < -0.3 is 18.9 Å². The smallest absolute Gasteiger partial charge is 0.309 e. The molecule has 8 atom stereocenters. The van der Waals surface area contributed by atoms with Gasteiger partial charge in [0.2, 0.25) is 0 Å². The van der Waals surface area contributed by atoms with Gasteiger partial charge in [-0.3, -0.25) is 19.2 Å². The second-order valence-corrected chi connectivity index (χ2v) is 10.2. The van der Waals surface area contributed by atoms with Gasteiger partial charge in [0.1, 0.15) is 6.10 Å². The van der Waals surface area contributed by atoms with Crippen molar-refractivity contribution in [3.8, 4) is 0 Å². The van der Waals surface area contributed by atoms with Crippen molar-refractivity contribution in [1.82, 2.24) is 0 Å². The molecule has 0 aromatic rings. The summed E-state index contributed by atoms with van der Waals surface area (Å²) in [5, 5.41) is 0. The Morgan fingerprint density at radius 2 is 1.87 bits per heavy atom. The number of carbonyl (C=O) groups excluding carboxylic acids is 4. The number of carbonyl (C=O) groups is 4. The highest BCUT2D eigenvalue weighted by Crippen LogP contribution is 2.64. The second-order valence-electron chi connectivity index (χ2n) is 10.2. The molecule has 2 aliphatic heterocycles. The first-order chi connectivity index (χ1) is 14.6. The highest BCUT2D eigenvalue weighted by atomic mass is 16.6. The van der Waals surface area contributed by atoms with E-state index < -0.39 is 46.6 Å². The van der Waals surface area contributed by atoms with Crippen molar-refractivity contribution in [2.45, 2.75) is 65.1 Å². The molecule has 0 bridgehead atoms. The molecule has 0 aromatic carbocycles. The summed E-state index contributed by atoms with van der Waals surface area (Å²) in [6.07, 6.45) is 1.21. The standard InChI is InChI=1S/C23H32O8/c1-12(24)30-16-9-15(20(26)28-4)22(2)7-5-14-21(27)31-17(13-6-8-29-11-13)10-23(14,3)19(22)18(16)25/h13-17,19H,5-11H2,1-4H3/t13?,14-,15-,16-,17+,19-,22-,23-/m0/s1. The van der Waals surface area contributed by atoms with E-state index in [1.165, 1.54) is 14.0 Å². The van der Waals surface area contributed by atoms with Crippen LogP contribution in [0.2, 0.25) is 0 Å². The molecule has 0 spiro atoms. The largest absolute Gasteiger partial charge is 0.469 e. The van der Waals surface area contributed by atoms with Crippen LogP contribution in [-0.4, -0.2) is 56.2 Å². The van der Waals surface area contributed by atoms with E-state index in [2.05, 4.69) is 0 Å². The summed E-state index contributed by atoms with van der Waals surface area (Å²) in [7, 11) is 1.33. The highest BCUT2D eigenvalue weighted by molar-refractivity contribution is 5.93. The lowest BCUT2D eigenvalue weighted by Crippen LogP contribution is -2.65. The molecule has 4 aliphatic rings. The van der Waals surface area contributed by atoms with E-state index in [1.807, 2.05) is 13.8 Å². The molecule has 0 radical (unpaired) electrons. The summed E-state index contributed by atoms with van der Waals surface area (Å²) >= 11 is 0. The van der Waals surface area contributed by atoms with Gasteiger partial charge in [-0.25, -0.2) is 0 Å². The third-order valence-corrected chi connectivity index (χ3v) is 8.41. The van der Waals surface area contributed by atoms with Crippen molar-refractivity contribution >= 4 is 23.7 Å². The molecule has 8 nitrogen and oxygen atoms in total. The molecule has 4 rings (SSSR count). The zero-order valence-electron chi connectivity index (χ0n) is 18.7. The van der Waals surface area contributed by atoms with Crippen LogP contribution in [0.4, 0.5) is 0 Å². The zero-order chi connectivity index (χ0) is 22.6. The van der Waals surface area contributed by atoms with Gasteiger partial charge in [-0.05, 0) is 36.5 Å². The number of ketones is 1. The van der Waals surface area contributed by atoms with Crippen molar-refractivity contribution in [2.75, 3.05) is 20.3 Å². The van der Waals surface area contributed by atoms with E-state index in [0.717, 1.165) is 6.42 Å². The lowest BCUT2D eigenvalue weighted by atomic mass is 9.43. The third-order valence-electron chi connectivity index (χ3n) is 8.41. The van der Waals surface area contributed by atoms with E-state index in [0.29, 0.717) is 32.5 Å². The molecule has 2 saturated heterocycles. The van der Waals surface area contributed by atoms with Crippen LogP contribution in [0.25, 0.3) is 0 Å². The minimum absolute atomic E-state index is 0.106. The maximum absolute atomic E-state index is 13.7. The maximum atomic E-state index is 13.7. The fraction of sp³-hybridized carbons (Fsp3) is 0.826. The van der Waals surface area contributed by atoms with Gasteiger partial charge in [0.05, 0.1) is 25.6 Å². The van der Waals surface area contributed by atoms with Crippen molar-refractivity contribution in [3.63, 3.8) is 0 Å². The molecule has 2 heterocycles. The number of esters is 3. The molecule has 4 fully saturated rings. The SMILES string of the molecule is COC(=O)[C@@H]1C[C@H](OC(C)=O)C(=O)[C@H]2[C@@]1(C)CC[C@H]1C(=O)O[C@@H](C3CCOC3)C[C@]21C. The first kappa shape index (κ1) is 22.2. The number of fused-ring (bicyclic) bond motifs is 3. The van der Waals surface area contributed by atoms with Crippen LogP contribution in [-0.2, 0) is 38.1 Å². The van der Waals surface area contributed by atoms with E-state index in [4.69, 9.17) is 18.9 Å². The molecule has 0 aromatic heterocycles. The summed E-state index contributed by atoms with van der Waals surface area (Å²) in [4.78, 5) is 51.3. The van der Waals surface area contributed by atoms with Gasteiger partial charge in [0.15, 0.2) is 11.9 Å². The lowest BCUT2D eigenvalue weighted by Gasteiger charge is -2.61. The van der Waals surface area contributed by atoms with Gasteiger partial charge in [-0.2, -0.15) is 0 Å². The van der Waals surface area contributed by atoms with Crippen molar-refractivity contribution in [3.05, 3.63) is 0 Å². The summed E-state index contributed by atoms with van der Waals surface area (Å²) in [6.45, 7) is 6.36. The maximum Gasteiger partial charge on any atom is 0.309 e. The monoisotopic (exact) mass is 436 g/mol. The second kappa shape index (κ2) is 7.87. The van der Waals surface area contributed by atoms with Gasteiger partial charge in [0, 0.05) is 31.8 Å². The summed E-state index contributed by atoms with van der Waals surface area (Å²) in [5.74, 6) is -2.96. The molecule has 2 aliphatic carbocycles. The molecule has 172 valence electrons. The summed E-state index contributed by atoms with van der Waals surface area (Å²) < 4.78 is 21.8. The molecule has 8 heteroatoms. The fourth-order valence-corrected chi connectivity index (χ4v) is 6.97. The van der Waals surface area contributed by atoms with Crippen LogP contribution >= 0.6 is 0 Å². The Morgan fingerprint density at radius 1 is 1.13 bits per heavy atom. The Kier molecular flexibility index (Phi) is 5.65. The van der Waals surface area contributed by atoms with Crippen molar-refractivity contribution in [1.29, 1.82) is 0 Å². The minimum Gasteiger partial charge on any atom is -0.469 e. The van der Waals surface area contributed by atoms with Gasteiger partial charge in [0.25, 0.3) is 0 Å². The number of rotatable bonds is 3. The van der Waals surface area contributed by atoms with Crippen molar-refractivity contribution < 1.29 is 38.1 Å². The van der Waals surface area contributed by atoms with E-state index in [1.54, 1.807) is 0 Å². The molecule has 0 amide bonds. The Hall–Kier alpha value is -1.96. The van der Waals surface area contributed by atoms with E-state index in [9.17, 15) is 19.2 Å². The number of hydrogen-bond acceptors (Lipinski definition) is 8. The first-order valence-corrected chi connectivity index (χ1v) is 11.2. The number of Topliss-reactive ketones (excluding diaryl/α,β-unsaturated/α-hetero) is 1. The minimum atomic E-state index is -1.01. The molecule has 31 heavy (non-hydrogen) atoms. The average Bonchev–Trinajstić information content (AvgIpc) is 3.23. The van der Waals surface area contributed by atoms with Gasteiger partial charge in [-0.1, -0.05) is 13.8 Å². The molecular weight excluding hydrogens is 404 g/mol. The Balaban J connectivity index is 1.76. The van der Waals surface area contributed by atoms with E-state index in [-0.39, 0.29) is 30.2 Å². The van der Waals surface area contributed by atoms with Crippen LogP contribution in [0, 0.1) is 34.5 Å². The summed E-state index contributed by atoms with van der Waals surface area (Å²) in [5.41, 5.74) is -1.38. The first-order valence-electron chi connectivity index (χ1n) is 11.2.